The Balaban J connectivity index is 1.45. The molecule has 0 saturated heterocycles. The molecule has 0 atom stereocenters. The maximum absolute atomic E-state index is 12.3. The minimum Gasteiger partial charge on any atom is -0.497 e. The van der Waals surface area contributed by atoms with Crippen LogP contribution in [0.3, 0.4) is 0 Å². The van der Waals surface area contributed by atoms with E-state index in [1.807, 2.05) is 0 Å². The third kappa shape index (κ3) is 3.92. The molecule has 4 aromatic rings. The molecule has 2 aromatic carbocycles. The number of esters is 1. The summed E-state index contributed by atoms with van der Waals surface area (Å²) in [7, 11) is 1.56. The van der Waals surface area contributed by atoms with Crippen LogP contribution in [0.5, 0.6) is 5.75 Å². The van der Waals surface area contributed by atoms with Gasteiger partial charge in [0.05, 0.1) is 12.0 Å². The van der Waals surface area contributed by atoms with Crippen LogP contribution in [-0.4, -0.2) is 28.1 Å². The van der Waals surface area contributed by atoms with Gasteiger partial charge in [-0.3, -0.25) is 10.1 Å². The van der Waals surface area contributed by atoms with Gasteiger partial charge in [-0.2, -0.15) is 4.98 Å². The summed E-state index contributed by atoms with van der Waals surface area (Å²) in [5, 5.41) is 15.4. The lowest BCUT2D eigenvalue weighted by Crippen LogP contribution is -2.03. The van der Waals surface area contributed by atoms with Gasteiger partial charge in [-0.25, -0.2) is 4.79 Å². The zero-order valence-corrected chi connectivity index (χ0v) is 15.8. The fourth-order valence-corrected chi connectivity index (χ4v) is 3.57. The van der Waals surface area contributed by atoms with Gasteiger partial charge in [0.1, 0.15) is 10.6 Å². The Hall–Kier alpha value is -3.79. The molecule has 0 bridgehead atoms. The molecule has 0 fully saturated rings. The average molecular weight is 411 g/mol. The Morgan fingerprint density at radius 1 is 1.24 bits per heavy atom. The molecule has 2 heterocycles. The molecule has 146 valence electrons. The SMILES string of the molecule is COc1cccc(-c2noc(COC(=O)c3cc4cc([N+](=O)[O-])ccc4s3)n2)c1. The van der Waals surface area contributed by atoms with Gasteiger partial charge in [0.2, 0.25) is 5.82 Å². The largest absolute Gasteiger partial charge is 0.497 e. The van der Waals surface area contributed by atoms with Crippen molar-refractivity contribution in [2.24, 2.45) is 0 Å². The molecule has 0 spiro atoms. The number of fused-ring (bicyclic) bond motifs is 1. The summed E-state index contributed by atoms with van der Waals surface area (Å²) in [6.45, 7) is -0.190. The van der Waals surface area contributed by atoms with Gasteiger partial charge in [0.25, 0.3) is 11.6 Å². The van der Waals surface area contributed by atoms with Crippen molar-refractivity contribution in [2.45, 2.75) is 6.61 Å². The molecule has 0 aliphatic carbocycles. The first kappa shape index (κ1) is 18.6. The zero-order chi connectivity index (χ0) is 20.4. The second-order valence-electron chi connectivity index (χ2n) is 5.91. The molecule has 4 rings (SSSR count). The molecule has 2 aromatic heterocycles. The first-order valence-electron chi connectivity index (χ1n) is 8.35. The van der Waals surface area contributed by atoms with Gasteiger partial charge in [-0.1, -0.05) is 17.3 Å². The molecule has 0 amide bonds. The summed E-state index contributed by atoms with van der Waals surface area (Å²) in [5.74, 6) is 0.581. The number of hydrogen-bond acceptors (Lipinski definition) is 9. The van der Waals surface area contributed by atoms with Crippen LogP contribution < -0.4 is 4.74 Å². The number of benzene rings is 2. The standard InChI is InChI=1S/C19H13N3O6S/c1-26-14-4-2-3-11(8-14)18-20-17(28-21-18)10-27-19(23)16-9-12-7-13(22(24)25)5-6-15(12)29-16/h2-9H,10H2,1H3. The van der Waals surface area contributed by atoms with E-state index in [0.29, 0.717) is 27.4 Å². The lowest BCUT2D eigenvalue weighted by atomic mass is 10.2. The lowest BCUT2D eigenvalue weighted by molar-refractivity contribution is -0.384. The first-order chi connectivity index (χ1) is 14.0. The van der Waals surface area contributed by atoms with Crippen molar-refractivity contribution in [2.75, 3.05) is 7.11 Å². The van der Waals surface area contributed by atoms with Crippen LogP contribution in [0, 0.1) is 10.1 Å². The van der Waals surface area contributed by atoms with Crippen LogP contribution in [0.25, 0.3) is 21.5 Å². The number of carbonyl (C=O) groups is 1. The summed E-state index contributed by atoms with van der Waals surface area (Å²) < 4.78 is 16.3. The van der Waals surface area contributed by atoms with Gasteiger partial charge >= 0.3 is 5.97 Å². The summed E-state index contributed by atoms with van der Waals surface area (Å²) >= 11 is 1.19. The number of nitro groups is 1. The molecule has 29 heavy (non-hydrogen) atoms. The highest BCUT2D eigenvalue weighted by Crippen LogP contribution is 2.29. The first-order valence-corrected chi connectivity index (χ1v) is 9.17. The fraction of sp³-hybridized carbons (Fsp3) is 0.105. The van der Waals surface area contributed by atoms with E-state index in [1.165, 1.54) is 23.5 Å². The number of nitro benzene ring substituents is 1. The highest BCUT2D eigenvalue weighted by molar-refractivity contribution is 7.20. The molecule has 0 N–H and O–H groups in total. The molecule has 9 nitrogen and oxygen atoms in total. The van der Waals surface area contributed by atoms with E-state index in [4.69, 9.17) is 14.0 Å². The van der Waals surface area contributed by atoms with Crippen molar-refractivity contribution in [3.05, 3.63) is 69.4 Å². The maximum Gasteiger partial charge on any atom is 0.348 e. The number of hydrogen-bond donors (Lipinski definition) is 0. The second kappa shape index (κ2) is 7.68. The third-order valence-corrected chi connectivity index (χ3v) is 5.13. The monoisotopic (exact) mass is 411 g/mol. The van der Waals surface area contributed by atoms with Crippen LogP contribution in [0.15, 0.2) is 53.1 Å². The Labute approximate surface area is 167 Å². The van der Waals surface area contributed by atoms with Crippen molar-refractivity contribution < 1.29 is 23.7 Å². The van der Waals surface area contributed by atoms with Crippen molar-refractivity contribution in [1.82, 2.24) is 10.1 Å². The van der Waals surface area contributed by atoms with Gasteiger partial charge in [-0.05, 0) is 24.3 Å². The molecule has 0 aliphatic heterocycles. The second-order valence-corrected chi connectivity index (χ2v) is 6.99. The number of rotatable bonds is 6. The van der Waals surface area contributed by atoms with Gasteiger partial charge < -0.3 is 14.0 Å². The number of aromatic nitrogens is 2. The van der Waals surface area contributed by atoms with Crippen LogP contribution in [0.4, 0.5) is 5.69 Å². The van der Waals surface area contributed by atoms with Crippen LogP contribution in [0.1, 0.15) is 15.6 Å². The third-order valence-electron chi connectivity index (χ3n) is 4.03. The molecular formula is C19H13N3O6S. The number of non-ortho nitro benzene ring substituents is 1. The predicted molar refractivity (Wildman–Crippen MR) is 104 cm³/mol. The normalized spacial score (nSPS) is 10.8. The predicted octanol–water partition coefficient (Wildman–Crippen LogP) is 4.23. The molecule has 0 radical (unpaired) electrons. The molecular weight excluding hydrogens is 398 g/mol. The Bertz CT molecular complexity index is 1220. The number of carbonyl (C=O) groups excluding carboxylic acids is 1. The number of ether oxygens (including phenoxy) is 2. The van der Waals surface area contributed by atoms with Crippen LogP contribution in [0.2, 0.25) is 0 Å². The smallest absolute Gasteiger partial charge is 0.348 e. The average Bonchev–Trinajstić information content (AvgIpc) is 3.38. The molecule has 0 aliphatic rings. The topological polar surface area (TPSA) is 118 Å². The van der Waals surface area contributed by atoms with E-state index in [-0.39, 0.29) is 18.2 Å². The minimum atomic E-state index is -0.574. The highest BCUT2D eigenvalue weighted by atomic mass is 32.1. The number of thiophene rings is 1. The number of nitrogens with zero attached hydrogens (tertiary/aromatic N) is 3. The zero-order valence-electron chi connectivity index (χ0n) is 15.0. The lowest BCUT2D eigenvalue weighted by Gasteiger charge is -2.00. The van der Waals surface area contributed by atoms with Crippen LogP contribution in [-0.2, 0) is 11.3 Å². The fourth-order valence-electron chi connectivity index (χ4n) is 2.64. The summed E-state index contributed by atoms with van der Waals surface area (Å²) in [5.41, 5.74) is 0.669. The highest BCUT2D eigenvalue weighted by Gasteiger charge is 2.16. The molecule has 0 saturated carbocycles. The summed E-state index contributed by atoms with van der Waals surface area (Å²) in [6.07, 6.45) is 0. The van der Waals surface area contributed by atoms with Crippen LogP contribution >= 0.6 is 11.3 Å². The quantitative estimate of drug-likeness (QED) is 0.263. The van der Waals surface area contributed by atoms with E-state index in [2.05, 4.69) is 10.1 Å². The minimum absolute atomic E-state index is 0.0360. The van der Waals surface area contributed by atoms with E-state index in [1.54, 1.807) is 43.5 Å². The van der Waals surface area contributed by atoms with Gasteiger partial charge in [0.15, 0.2) is 6.61 Å². The molecule has 0 unspecified atom stereocenters. The van der Waals surface area contributed by atoms with E-state index < -0.39 is 10.9 Å². The Morgan fingerprint density at radius 2 is 2.10 bits per heavy atom. The van der Waals surface area contributed by atoms with Gasteiger partial charge in [0, 0.05) is 27.8 Å². The Kier molecular flexibility index (Phi) is 4.92. The summed E-state index contributed by atoms with van der Waals surface area (Å²) in [4.78, 5) is 27.2. The van der Waals surface area contributed by atoms with E-state index in [0.717, 1.165) is 4.70 Å². The maximum atomic E-state index is 12.3. The van der Waals surface area contributed by atoms with Crippen molar-refractivity contribution in [3.63, 3.8) is 0 Å². The van der Waals surface area contributed by atoms with Crippen molar-refractivity contribution in [1.29, 1.82) is 0 Å². The van der Waals surface area contributed by atoms with Gasteiger partial charge in [-0.15, -0.1) is 11.3 Å². The van der Waals surface area contributed by atoms with Crippen molar-refractivity contribution >= 4 is 33.1 Å². The summed E-state index contributed by atoms with van der Waals surface area (Å²) in [6, 6.07) is 13.1. The van der Waals surface area contributed by atoms with E-state index in [9.17, 15) is 14.9 Å². The number of methoxy groups -OCH3 is 1. The van der Waals surface area contributed by atoms with E-state index >= 15 is 0 Å². The Morgan fingerprint density at radius 3 is 2.90 bits per heavy atom. The van der Waals surface area contributed by atoms with Crippen molar-refractivity contribution in [3.8, 4) is 17.1 Å². The molecule has 10 heteroatoms.